The molecule has 0 atom stereocenters. The van der Waals surface area contributed by atoms with Crippen LogP contribution in [0.25, 0.3) is 0 Å². The lowest BCUT2D eigenvalue weighted by molar-refractivity contribution is 0.0262. The number of rotatable bonds is 6. The summed E-state index contributed by atoms with van der Waals surface area (Å²) in [5.41, 5.74) is 1.37. The van der Waals surface area contributed by atoms with Gasteiger partial charge in [0, 0.05) is 37.3 Å². The van der Waals surface area contributed by atoms with E-state index in [2.05, 4.69) is 10.3 Å². The van der Waals surface area contributed by atoms with Gasteiger partial charge in [0.2, 0.25) is 0 Å². The van der Waals surface area contributed by atoms with Crippen molar-refractivity contribution in [3.05, 3.63) is 16.6 Å². The zero-order chi connectivity index (χ0) is 14.3. The van der Waals surface area contributed by atoms with Crippen LogP contribution >= 0.6 is 11.3 Å². The second-order valence-corrected chi connectivity index (χ2v) is 6.18. The standard InChI is InChI=1S/C13H23N3O2S/c1-5-16(12(17)18-13(2,3)4)7-6-14-8-11-9-15-10-19-11/h9-10,14H,5-8H2,1-4H3. The van der Waals surface area contributed by atoms with Crippen molar-refractivity contribution in [1.29, 1.82) is 0 Å². The van der Waals surface area contributed by atoms with Crippen LogP contribution in [0.5, 0.6) is 0 Å². The molecule has 108 valence electrons. The average Bonchev–Trinajstić information content (AvgIpc) is 2.79. The molecule has 0 bridgehead atoms. The van der Waals surface area contributed by atoms with Gasteiger partial charge in [0.1, 0.15) is 5.60 Å². The molecular formula is C13H23N3O2S. The second-order valence-electron chi connectivity index (χ2n) is 5.20. The molecule has 0 unspecified atom stereocenters. The lowest BCUT2D eigenvalue weighted by atomic mass is 10.2. The fourth-order valence-electron chi connectivity index (χ4n) is 1.46. The van der Waals surface area contributed by atoms with Gasteiger partial charge < -0.3 is 15.0 Å². The Bertz CT molecular complexity index is 374. The highest BCUT2D eigenvalue weighted by Gasteiger charge is 2.20. The molecule has 1 rings (SSSR count). The lowest BCUT2D eigenvalue weighted by Gasteiger charge is -2.26. The van der Waals surface area contributed by atoms with Crippen molar-refractivity contribution in [3.8, 4) is 0 Å². The molecule has 6 heteroatoms. The van der Waals surface area contributed by atoms with E-state index in [4.69, 9.17) is 4.74 Å². The van der Waals surface area contributed by atoms with Crippen molar-refractivity contribution in [2.75, 3.05) is 19.6 Å². The highest BCUT2D eigenvalue weighted by molar-refractivity contribution is 7.09. The van der Waals surface area contributed by atoms with Crippen LogP contribution in [0, 0.1) is 0 Å². The minimum absolute atomic E-state index is 0.255. The first kappa shape index (κ1) is 15.9. The van der Waals surface area contributed by atoms with E-state index in [0.717, 1.165) is 13.1 Å². The number of nitrogens with one attached hydrogen (secondary N) is 1. The van der Waals surface area contributed by atoms with Crippen LogP contribution in [0.4, 0.5) is 4.79 Å². The van der Waals surface area contributed by atoms with E-state index in [1.54, 1.807) is 16.2 Å². The van der Waals surface area contributed by atoms with Gasteiger partial charge in [-0.1, -0.05) is 0 Å². The zero-order valence-corrected chi connectivity index (χ0v) is 12.9. The Kier molecular flexibility index (Phi) is 6.24. The Balaban J connectivity index is 2.26. The molecule has 0 fully saturated rings. The average molecular weight is 285 g/mol. The van der Waals surface area contributed by atoms with Gasteiger partial charge in [-0.2, -0.15) is 0 Å². The lowest BCUT2D eigenvalue weighted by Crippen LogP contribution is -2.40. The van der Waals surface area contributed by atoms with Crippen molar-refractivity contribution >= 4 is 17.4 Å². The van der Waals surface area contributed by atoms with E-state index in [-0.39, 0.29) is 6.09 Å². The molecular weight excluding hydrogens is 262 g/mol. The molecule has 5 nitrogen and oxygen atoms in total. The summed E-state index contributed by atoms with van der Waals surface area (Å²) in [6.45, 7) is 10.4. The normalized spacial score (nSPS) is 11.4. The highest BCUT2D eigenvalue weighted by atomic mass is 32.1. The van der Waals surface area contributed by atoms with Crippen molar-refractivity contribution in [3.63, 3.8) is 0 Å². The van der Waals surface area contributed by atoms with Crippen LogP contribution in [0.1, 0.15) is 32.6 Å². The molecule has 0 aliphatic heterocycles. The third kappa shape index (κ3) is 6.54. The number of carbonyl (C=O) groups excluding carboxylic acids is 1. The van der Waals surface area contributed by atoms with E-state index in [1.165, 1.54) is 4.88 Å². The monoisotopic (exact) mass is 285 g/mol. The first-order chi connectivity index (χ1) is 8.92. The summed E-state index contributed by atoms with van der Waals surface area (Å²) >= 11 is 1.62. The summed E-state index contributed by atoms with van der Waals surface area (Å²) in [6.07, 6.45) is 1.60. The van der Waals surface area contributed by atoms with Gasteiger partial charge in [-0.15, -0.1) is 11.3 Å². The molecule has 0 spiro atoms. The van der Waals surface area contributed by atoms with Gasteiger partial charge in [0.15, 0.2) is 0 Å². The maximum absolute atomic E-state index is 11.9. The fraction of sp³-hybridized carbons (Fsp3) is 0.692. The Hall–Kier alpha value is -1.14. The molecule has 0 saturated carbocycles. The number of hydrogen-bond acceptors (Lipinski definition) is 5. The van der Waals surface area contributed by atoms with Crippen molar-refractivity contribution in [1.82, 2.24) is 15.2 Å². The maximum Gasteiger partial charge on any atom is 0.410 e. The predicted octanol–water partition coefficient (Wildman–Crippen LogP) is 2.49. The Morgan fingerprint density at radius 1 is 1.53 bits per heavy atom. The van der Waals surface area contributed by atoms with Gasteiger partial charge in [0.05, 0.1) is 5.51 Å². The summed E-state index contributed by atoms with van der Waals surface area (Å²) in [4.78, 5) is 18.8. The number of ether oxygens (including phenoxy) is 1. The Morgan fingerprint density at radius 3 is 2.79 bits per heavy atom. The first-order valence-electron chi connectivity index (χ1n) is 6.48. The topological polar surface area (TPSA) is 54.5 Å². The Morgan fingerprint density at radius 2 is 2.26 bits per heavy atom. The van der Waals surface area contributed by atoms with E-state index < -0.39 is 5.60 Å². The summed E-state index contributed by atoms with van der Waals surface area (Å²) in [5, 5.41) is 3.29. The minimum Gasteiger partial charge on any atom is -0.444 e. The third-order valence-corrected chi connectivity index (χ3v) is 3.15. The van der Waals surface area contributed by atoms with Gasteiger partial charge in [0.25, 0.3) is 0 Å². The molecule has 1 amide bonds. The Labute approximate surface area is 119 Å². The van der Waals surface area contributed by atoms with E-state index in [1.807, 2.05) is 39.4 Å². The minimum atomic E-state index is -0.444. The summed E-state index contributed by atoms with van der Waals surface area (Å²) in [6, 6.07) is 0. The van der Waals surface area contributed by atoms with Crippen molar-refractivity contribution in [2.24, 2.45) is 0 Å². The number of carbonyl (C=O) groups is 1. The van der Waals surface area contributed by atoms with Gasteiger partial charge in [-0.25, -0.2) is 4.79 Å². The molecule has 0 saturated heterocycles. The number of aromatic nitrogens is 1. The molecule has 0 aliphatic carbocycles. The molecule has 0 aliphatic rings. The molecule has 1 heterocycles. The quantitative estimate of drug-likeness (QED) is 0.816. The van der Waals surface area contributed by atoms with Crippen molar-refractivity contribution < 1.29 is 9.53 Å². The maximum atomic E-state index is 11.9. The van der Waals surface area contributed by atoms with E-state index >= 15 is 0 Å². The van der Waals surface area contributed by atoms with Crippen LogP contribution in [-0.4, -0.2) is 41.2 Å². The third-order valence-electron chi connectivity index (χ3n) is 2.37. The summed E-state index contributed by atoms with van der Waals surface area (Å²) in [5.74, 6) is 0. The second kappa shape index (κ2) is 7.45. The molecule has 0 aromatic carbocycles. The summed E-state index contributed by atoms with van der Waals surface area (Å²) < 4.78 is 5.34. The van der Waals surface area contributed by atoms with Gasteiger partial charge in [-0.3, -0.25) is 4.98 Å². The van der Waals surface area contributed by atoms with Crippen LogP contribution in [0.3, 0.4) is 0 Å². The number of likely N-dealkylation sites (N-methyl/N-ethyl adjacent to an activating group) is 1. The first-order valence-corrected chi connectivity index (χ1v) is 7.36. The fourth-order valence-corrected chi connectivity index (χ4v) is 2.02. The molecule has 19 heavy (non-hydrogen) atoms. The van der Waals surface area contributed by atoms with Crippen LogP contribution in [-0.2, 0) is 11.3 Å². The molecule has 0 radical (unpaired) electrons. The predicted molar refractivity (Wildman–Crippen MR) is 77.3 cm³/mol. The van der Waals surface area contributed by atoms with Crippen LogP contribution in [0.15, 0.2) is 11.7 Å². The number of amides is 1. The van der Waals surface area contributed by atoms with Crippen LogP contribution in [0.2, 0.25) is 0 Å². The van der Waals surface area contributed by atoms with E-state index in [0.29, 0.717) is 13.1 Å². The molecule has 1 aromatic rings. The molecule has 1 aromatic heterocycles. The van der Waals surface area contributed by atoms with Gasteiger partial charge >= 0.3 is 6.09 Å². The largest absolute Gasteiger partial charge is 0.444 e. The number of hydrogen-bond donors (Lipinski definition) is 1. The summed E-state index contributed by atoms with van der Waals surface area (Å²) in [7, 11) is 0. The number of thiazole rings is 1. The van der Waals surface area contributed by atoms with Crippen LogP contribution < -0.4 is 5.32 Å². The molecule has 1 N–H and O–H groups in total. The number of nitrogens with zero attached hydrogens (tertiary/aromatic N) is 2. The van der Waals surface area contributed by atoms with Crippen molar-refractivity contribution in [2.45, 2.75) is 39.8 Å². The SMILES string of the molecule is CCN(CCNCc1cncs1)C(=O)OC(C)(C)C. The van der Waals surface area contributed by atoms with E-state index in [9.17, 15) is 4.79 Å². The smallest absolute Gasteiger partial charge is 0.410 e. The van der Waals surface area contributed by atoms with Gasteiger partial charge in [-0.05, 0) is 27.7 Å². The highest BCUT2D eigenvalue weighted by Crippen LogP contribution is 2.09. The zero-order valence-electron chi connectivity index (χ0n) is 12.1.